The summed E-state index contributed by atoms with van der Waals surface area (Å²) in [6.07, 6.45) is 5.27. The zero-order valence-electron chi connectivity index (χ0n) is 8.96. The van der Waals surface area contributed by atoms with Gasteiger partial charge in [0, 0.05) is 13.6 Å². The minimum Gasteiger partial charge on any atom is -0.393 e. The van der Waals surface area contributed by atoms with Crippen LogP contribution < -0.4 is 5.69 Å². The Balaban J connectivity index is 1.93. The first-order valence-corrected chi connectivity index (χ1v) is 5.45. The van der Waals surface area contributed by atoms with E-state index in [9.17, 15) is 9.90 Å². The van der Waals surface area contributed by atoms with Gasteiger partial charge in [0.25, 0.3) is 0 Å². The molecule has 0 amide bonds. The zero-order chi connectivity index (χ0) is 10.8. The lowest BCUT2D eigenvalue weighted by Gasteiger charge is -2.13. The Labute approximate surface area is 88.3 Å². The quantitative estimate of drug-likeness (QED) is 0.773. The summed E-state index contributed by atoms with van der Waals surface area (Å²) in [5, 5.41) is 13.6. The molecule has 1 fully saturated rings. The topological polar surface area (TPSA) is 60.1 Å². The lowest BCUT2D eigenvalue weighted by Crippen LogP contribution is -2.25. The van der Waals surface area contributed by atoms with Crippen molar-refractivity contribution in [1.82, 2.24) is 14.3 Å². The Morgan fingerprint density at radius 3 is 2.93 bits per heavy atom. The predicted molar refractivity (Wildman–Crippen MR) is 55.4 cm³/mol. The van der Waals surface area contributed by atoms with E-state index in [4.69, 9.17) is 0 Å². The third kappa shape index (κ3) is 2.12. The maximum absolute atomic E-state index is 11.5. The van der Waals surface area contributed by atoms with Gasteiger partial charge in [0.2, 0.25) is 0 Å². The highest BCUT2D eigenvalue weighted by atomic mass is 16.3. The standard InChI is InChI=1S/C10H17N3O2/c1-12-7-11-13(10(12)15)6-5-8-3-2-4-9(8)14/h7-9,14H,2-6H2,1H3. The van der Waals surface area contributed by atoms with Crippen LogP contribution in [0, 0.1) is 5.92 Å². The first-order valence-electron chi connectivity index (χ1n) is 5.45. The average molecular weight is 211 g/mol. The molecule has 0 saturated heterocycles. The molecule has 15 heavy (non-hydrogen) atoms. The highest BCUT2D eigenvalue weighted by Crippen LogP contribution is 2.28. The molecule has 84 valence electrons. The van der Waals surface area contributed by atoms with E-state index < -0.39 is 0 Å². The van der Waals surface area contributed by atoms with Crippen LogP contribution in [0.4, 0.5) is 0 Å². The summed E-state index contributed by atoms with van der Waals surface area (Å²) in [5.74, 6) is 0.346. The molecule has 2 rings (SSSR count). The van der Waals surface area contributed by atoms with Crippen molar-refractivity contribution >= 4 is 0 Å². The molecule has 0 aromatic carbocycles. The molecule has 2 atom stereocenters. The van der Waals surface area contributed by atoms with Gasteiger partial charge in [0.05, 0.1) is 6.10 Å². The Morgan fingerprint density at radius 1 is 1.60 bits per heavy atom. The molecule has 0 spiro atoms. The number of aliphatic hydroxyl groups excluding tert-OH is 1. The number of nitrogens with zero attached hydrogens (tertiary/aromatic N) is 3. The van der Waals surface area contributed by atoms with Crippen molar-refractivity contribution in [1.29, 1.82) is 0 Å². The van der Waals surface area contributed by atoms with Crippen LogP contribution in [0.5, 0.6) is 0 Å². The molecule has 1 aliphatic carbocycles. The smallest absolute Gasteiger partial charge is 0.345 e. The van der Waals surface area contributed by atoms with Crippen molar-refractivity contribution in [2.24, 2.45) is 13.0 Å². The molecule has 0 aliphatic heterocycles. The summed E-state index contributed by atoms with van der Waals surface area (Å²) >= 11 is 0. The lowest BCUT2D eigenvalue weighted by atomic mass is 10.0. The van der Waals surface area contributed by atoms with E-state index in [1.165, 1.54) is 15.6 Å². The van der Waals surface area contributed by atoms with Gasteiger partial charge in [-0.25, -0.2) is 9.48 Å². The van der Waals surface area contributed by atoms with Gasteiger partial charge in [0.1, 0.15) is 6.33 Å². The monoisotopic (exact) mass is 211 g/mol. The largest absolute Gasteiger partial charge is 0.393 e. The Hall–Kier alpha value is -1.10. The normalized spacial score (nSPS) is 26.0. The van der Waals surface area contributed by atoms with Crippen molar-refractivity contribution in [2.45, 2.75) is 38.3 Å². The fraction of sp³-hybridized carbons (Fsp3) is 0.800. The van der Waals surface area contributed by atoms with Crippen molar-refractivity contribution < 1.29 is 5.11 Å². The molecule has 0 radical (unpaired) electrons. The molecule has 5 nitrogen and oxygen atoms in total. The number of rotatable bonds is 3. The zero-order valence-corrected chi connectivity index (χ0v) is 8.96. The number of aliphatic hydroxyl groups is 1. The van der Waals surface area contributed by atoms with Gasteiger partial charge in [-0.2, -0.15) is 5.10 Å². The van der Waals surface area contributed by atoms with E-state index in [0.29, 0.717) is 12.5 Å². The second-order valence-corrected chi connectivity index (χ2v) is 4.29. The van der Waals surface area contributed by atoms with E-state index in [-0.39, 0.29) is 11.8 Å². The predicted octanol–water partition coefficient (Wildman–Crippen LogP) is 0.133. The summed E-state index contributed by atoms with van der Waals surface area (Å²) in [7, 11) is 1.69. The number of hydrogen-bond acceptors (Lipinski definition) is 3. The van der Waals surface area contributed by atoms with Crippen molar-refractivity contribution in [2.75, 3.05) is 0 Å². The minimum atomic E-state index is -0.176. The van der Waals surface area contributed by atoms with Gasteiger partial charge in [-0.15, -0.1) is 0 Å². The molecule has 5 heteroatoms. The Morgan fingerprint density at radius 2 is 2.40 bits per heavy atom. The first kappa shape index (κ1) is 10.4. The summed E-state index contributed by atoms with van der Waals surface area (Å²) in [4.78, 5) is 11.5. The van der Waals surface area contributed by atoms with Gasteiger partial charge >= 0.3 is 5.69 Å². The van der Waals surface area contributed by atoms with Gasteiger partial charge in [-0.1, -0.05) is 6.42 Å². The highest BCUT2D eigenvalue weighted by molar-refractivity contribution is 4.77. The fourth-order valence-corrected chi connectivity index (χ4v) is 2.22. The minimum absolute atomic E-state index is 0.0810. The molecule has 1 N–H and O–H groups in total. The molecular formula is C10H17N3O2. The maximum Gasteiger partial charge on any atom is 0.345 e. The fourth-order valence-electron chi connectivity index (χ4n) is 2.22. The second-order valence-electron chi connectivity index (χ2n) is 4.29. The van der Waals surface area contributed by atoms with Gasteiger partial charge < -0.3 is 5.11 Å². The van der Waals surface area contributed by atoms with Gasteiger partial charge in [-0.3, -0.25) is 4.57 Å². The van der Waals surface area contributed by atoms with Crippen LogP contribution >= 0.6 is 0 Å². The number of aryl methyl sites for hydroxylation is 2. The van der Waals surface area contributed by atoms with Crippen LogP contribution in [0.3, 0.4) is 0 Å². The molecule has 1 aromatic rings. The first-order chi connectivity index (χ1) is 7.18. The molecule has 1 saturated carbocycles. The summed E-state index contributed by atoms with van der Waals surface area (Å²) < 4.78 is 2.93. The van der Waals surface area contributed by atoms with Crippen LogP contribution in [0.1, 0.15) is 25.7 Å². The van der Waals surface area contributed by atoms with Crippen LogP contribution in [0.2, 0.25) is 0 Å². The van der Waals surface area contributed by atoms with E-state index in [0.717, 1.165) is 25.7 Å². The van der Waals surface area contributed by atoms with E-state index >= 15 is 0 Å². The van der Waals surface area contributed by atoms with E-state index in [1.807, 2.05) is 0 Å². The van der Waals surface area contributed by atoms with Crippen LogP contribution in [-0.2, 0) is 13.6 Å². The van der Waals surface area contributed by atoms with Crippen molar-refractivity contribution in [3.63, 3.8) is 0 Å². The lowest BCUT2D eigenvalue weighted by molar-refractivity contribution is 0.124. The van der Waals surface area contributed by atoms with Gasteiger partial charge in [-0.05, 0) is 25.2 Å². The molecule has 1 aromatic heterocycles. The number of aromatic nitrogens is 3. The van der Waals surface area contributed by atoms with E-state index in [2.05, 4.69) is 5.10 Å². The third-order valence-electron chi connectivity index (χ3n) is 3.22. The maximum atomic E-state index is 11.5. The van der Waals surface area contributed by atoms with Crippen LogP contribution in [0.15, 0.2) is 11.1 Å². The Bertz CT molecular complexity index is 382. The third-order valence-corrected chi connectivity index (χ3v) is 3.22. The van der Waals surface area contributed by atoms with E-state index in [1.54, 1.807) is 7.05 Å². The number of hydrogen-bond donors (Lipinski definition) is 1. The van der Waals surface area contributed by atoms with Crippen molar-refractivity contribution in [3.05, 3.63) is 16.8 Å². The Kier molecular flexibility index (Phi) is 2.90. The molecule has 0 bridgehead atoms. The second kappa shape index (κ2) is 4.18. The van der Waals surface area contributed by atoms with Crippen LogP contribution in [0.25, 0.3) is 0 Å². The summed E-state index contributed by atoms with van der Waals surface area (Å²) in [6, 6.07) is 0. The molecular weight excluding hydrogens is 194 g/mol. The summed E-state index contributed by atoms with van der Waals surface area (Å²) in [5.41, 5.74) is -0.0810. The van der Waals surface area contributed by atoms with Crippen molar-refractivity contribution in [3.8, 4) is 0 Å². The van der Waals surface area contributed by atoms with Crippen LogP contribution in [-0.4, -0.2) is 25.6 Å². The molecule has 1 heterocycles. The average Bonchev–Trinajstić information content (AvgIpc) is 2.74. The SMILES string of the molecule is Cn1cnn(CCC2CCCC2O)c1=O. The van der Waals surface area contributed by atoms with Gasteiger partial charge in [0.15, 0.2) is 0 Å². The highest BCUT2D eigenvalue weighted by Gasteiger charge is 2.24. The molecule has 2 unspecified atom stereocenters. The molecule has 1 aliphatic rings. The summed E-state index contributed by atoms with van der Waals surface area (Å²) in [6.45, 7) is 0.613.